The van der Waals surface area contributed by atoms with Crippen LogP contribution in [0.25, 0.3) is 0 Å². The van der Waals surface area contributed by atoms with E-state index in [1.165, 1.54) is 12.1 Å². The quantitative estimate of drug-likeness (QED) is 0.887. The molecule has 1 N–H and O–H groups in total. The first-order valence-electron chi connectivity index (χ1n) is 7.29. The maximum Gasteiger partial charge on any atom is 0.224 e. The Morgan fingerprint density at radius 1 is 1.05 bits per heavy atom. The van der Waals surface area contributed by atoms with Crippen molar-refractivity contribution in [2.24, 2.45) is 0 Å². The summed E-state index contributed by atoms with van der Waals surface area (Å²) in [6, 6.07) is 13.6. The Bertz CT molecular complexity index is 606. The van der Waals surface area contributed by atoms with Crippen molar-refractivity contribution in [2.45, 2.75) is 32.9 Å². The molecule has 2 rings (SSSR count). The van der Waals surface area contributed by atoms with Crippen LogP contribution < -0.4 is 10.1 Å². The lowest BCUT2D eigenvalue weighted by molar-refractivity contribution is -0.120. The molecule has 0 heterocycles. The predicted octanol–water partition coefficient (Wildman–Crippen LogP) is 3.47. The summed E-state index contributed by atoms with van der Waals surface area (Å²) in [6.07, 6.45) is 0.438. The van der Waals surface area contributed by atoms with Gasteiger partial charge in [0, 0.05) is 6.54 Å². The number of benzene rings is 2. The molecule has 0 aliphatic heterocycles. The molecule has 0 aliphatic rings. The summed E-state index contributed by atoms with van der Waals surface area (Å²) in [5.41, 5.74) is 1.79. The second-order valence-corrected chi connectivity index (χ2v) is 5.39. The molecule has 2 aromatic rings. The molecule has 1 amide bonds. The maximum absolute atomic E-state index is 12.8. The molecule has 0 bridgehead atoms. The molecule has 0 unspecified atom stereocenters. The minimum Gasteiger partial charge on any atom is -0.491 e. The normalized spacial score (nSPS) is 10.5. The Morgan fingerprint density at radius 3 is 2.23 bits per heavy atom. The SMILES string of the molecule is CC(C)Oc1ccc(CC(=O)NCc2ccc(F)cc2)cc1. The smallest absolute Gasteiger partial charge is 0.224 e. The van der Waals surface area contributed by atoms with Crippen molar-refractivity contribution in [2.75, 3.05) is 0 Å². The van der Waals surface area contributed by atoms with E-state index >= 15 is 0 Å². The van der Waals surface area contributed by atoms with E-state index in [4.69, 9.17) is 4.74 Å². The van der Waals surface area contributed by atoms with Gasteiger partial charge in [-0.3, -0.25) is 4.79 Å². The van der Waals surface area contributed by atoms with Crippen molar-refractivity contribution in [3.05, 3.63) is 65.5 Å². The van der Waals surface area contributed by atoms with Crippen LogP contribution in [0.4, 0.5) is 4.39 Å². The summed E-state index contributed by atoms with van der Waals surface area (Å²) in [5, 5.41) is 2.82. The van der Waals surface area contributed by atoms with Gasteiger partial charge < -0.3 is 10.1 Å². The minimum atomic E-state index is -0.279. The van der Waals surface area contributed by atoms with Crippen molar-refractivity contribution in [3.8, 4) is 5.75 Å². The van der Waals surface area contributed by atoms with Gasteiger partial charge in [-0.1, -0.05) is 24.3 Å². The first kappa shape index (κ1) is 16.0. The summed E-state index contributed by atoms with van der Waals surface area (Å²) in [7, 11) is 0. The summed E-state index contributed by atoms with van der Waals surface area (Å²) in [6.45, 7) is 4.33. The second-order valence-electron chi connectivity index (χ2n) is 5.39. The Labute approximate surface area is 130 Å². The largest absolute Gasteiger partial charge is 0.491 e. The topological polar surface area (TPSA) is 38.3 Å². The molecule has 22 heavy (non-hydrogen) atoms. The van der Waals surface area contributed by atoms with Crippen molar-refractivity contribution < 1.29 is 13.9 Å². The molecule has 0 fully saturated rings. The van der Waals surface area contributed by atoms with E-state index in [0.717, 1.165) is 16.9 Å². The van der Waals surface area contributed by atoms with Crippen molar-refractivity contribution >= 4 is 5.91 Å². The van der Waals surface area contributed by atoms with Crippen LogP contribution in [0.5, 0.6) is 5.75 Å². The highest BCUT2D eigenvalue weighted by Crippen LogP contribution is 2.14. The van der Waals surface area contributed by atoms with Gasteiger partial charge >= 0.3 is 0 Å². The molecule has 0 atom stereocenters. The average molecular weight is 301 g/mol. The third kappa shape index (κ3) is 5.20. The average Bonchev–Trinajstić information content (AvgIpc) is 2.48. The Balaban J connectivity index is 1.82. The lowest BCUT2D eigenvalue weighted by Crippen LogP contribution is -2.24. The zero-order valence-corrected chi connectivity index (χ0v) is 12.8. The first-order valence-corrected chi connectivity index (χ1v) is 7.29. The lowest BCUT2D eigenvalue weighted by atomic mass is 10.1. The van der Waals surface area contributed by atoms with E-state index in [1.807, 2.05) is 38.1 Å². The van der Waals surface area contributed by atoms with Gasteiger partial charge in [-0.15, -0.1) is 0 Å². The molecular weight excluding hydrogens is 281 g/mol. The highest BCUT2D eigenvalue weighted by molar-refractivity contribution is 5.78. The van der Waals surface area contributed by atoms with E-state index in [-0.39, 0.29) is 17.8 Å². The monoisotopic (exact) mass is 301 g/mol. The van der Waals surface area contributed by atoms with Crippen LogP contribution in [0.15, 0.2) is 48.5 Å². The van der Waals surface area contributed by atoms with E-state index < -0.39 is 0 Å². The van der Waals surface area contributed by atoms with E-state index in [9.17, 15) is 9.18 Å². The van der Waals surface area contributed by atoms with Crippen molar-refractivity contribution in [1.29, 1.82) is 0 Å². The number of hydrogen-bond donors (Lipinski definition) is 1. The molecule has 0 spiro atoms. The van der Waals surface area contributed by atoms with Crippen LogP contribution >= 0.6 is 0 Å². The van der Waals surface area contributed by atoms with E-state index in [1.54, 1.807) is 12.1 Å². The highest BCUT2D eigenvalue weighted by Gasteiger charge is 2.04. The molecular formula is C18H20FNO2. The van der Waals surface area contributed by atoms with Gasteiger partial charge in [-0.05, 0) is 49.2 Å². The molecule has 2 aromatic carbocycles. The number of ether oxygens (including phenoxy) is 1. The fourth-order valence-electron chi connectivity index (χ4n) is 2.01. The third-order valence-electron chi connectivity index (χ3n) is 3.06. The van der Waals surface area contributed by atoms with Crippen LogP contribution in [0.2, 0.25) is 0 Å². The molecule has 0 aromatic heterocycles. The zero-order chi connectivity index (χ0) is 15.9. The van der Waals surface area contributed by atoms with Crippen LogP contribution in [0.3, 0.4) is 0 Å². The number of hydrogen-bond acceptors (Lipinski definition) is 2. The van der Waals surface area contributed by atoms with Crippen LogP contribution in [-0.4, -0.2) is 12.0 Å². The molecule has 4 heteroatoms. The van der Waals surface area contributed by atoms with Crippen LogP contribution in [-0.2, 0) is 17.8 Å². The summed E-state index contributed by atoms with van der Waals surface area (Å²) in [4.78, 5) is 11.9. The van der Waals surface area contributed by atoms with Crippen LogP contribution in [0.1, 0.15) is 25.0 Å². The lowest BCUT2D eigenvalue weighted by Gasteiger charge is -2.10. The number of amides is 1. The summed E-state index contributed by atoms with van der Waals surface area (Å²) < 4.78 is 18.3. The Hall–Kier alpha value is -2.36. The van der Waals surface area contributed by atoms with E-state index in [2.05, 4.69) is 5.32 Å². The van der Waals surface area contributed by atoms with Gasteiger partial charge in [0.15, 0.2) is 0 Å². The number of carbonyl (C=O) groups excluding carboxylic acids is 1. The minimum absolute atomic E-state index is 0.0677. The van der Waals surface area contributed by atoms with Gasteiger partial charge in [-0.2, -0.15) is 0 Å². The molecule has 3 nitrogen and oxygen atoms in total. The van der Waals surface area contributed by atoms with E-state index in [0.29, 0.717) is 13.0 Å². The van der Waals surface area contributed by atoms with Crippen molar-refractivity contribution in [3.63, 3.8) is 0 Å². The fraction of sp³-hybridized carbons (Fsp3) is 0.278. The van der Waals surface area contributed by atoms with Crippen molar-refractivity contribution in [1.82, 2.24) is 5.32 Å². The molecule has 0 saturated heterocycles. The fourth-order valence-corrected chi connectivity index (χ4v) is 2.01. The van der Waals surface area contributed by atoms with Gasteiger partial charge in [-0.25, -0.2) is 4.39 Å². The molecule has 0 radical (unpaired) electrons. The Morgan fingerprint density at radius 2 is 1.64 bits per heavy atom. The standard InChI is InChI=1S/C18H20FNO2/c1-13(2)22-17-9-5-14(6-10-17)11-18(21)20-12-15-3-7-16(19)8-4-15/h3-10,13H,11-12H2,1-2H3,(H,20,21). The number of carbonyl (C=O) groups is 1. The molecule has 116 valence electrons. The molecule has 0 saturated carbocycles. The van der Waals surface area contributed by atoms with Crippen LogP contribution in [0, 0.1) is 5.82 Å². The van der Waals surface area contributed by atoms with Gasteiger partial charge in [0.25, 0.3) is 0 Å². The Kier molecular flexibility index (Phi) is 5.53. The summed E-state index contributed by atoms with van der Waals surface area (Å²) in [5.74, 6) is 0.450. The number of nitrogens with one attached hydrogen (secondary N) is 1. The first-order chi connectivity index (χ1) is 10.5. The van der Waals surface area contributed by atoms with Gasteiger partial charge in [0.1, 0.15) is 11.6 Å². The third-order valence-corrected chi connectivity index (χ3v) is 3.06. The predicted molar refractivity (Wildman–Crippen MR) is 84.2 cm³/mol. The van der Waals surface area contributed by atoms with Gasteiger partial charge in [0.2, 0.25) is 5.91 Å². The van der Waals surface area contributed by atoms with Gasteiger partial charge in [0.05, 0.1) is 12.5 Å². The molecule has 0 aliphatic carbocycles. The maximum atomic E-state index is 12.8. The number of rotatable bonds is 6. The number of halogens is 1. The highest BCUT2D eigenvalue weighted by atomic mass is 19.1. The zero-order valence-electron chi connectivity index (χ0n) is 12.8. The second kappa shape index (κ2) is 7.59. The summed E-state index contributed by atoms with van der Waals surface area (Å²) >= 11 is 0.